The van der Waals surface area contributed by atoms with Crippen LogP contribution in [-0.4, -0.2) is 94.7 Å². The van der Waals surface area contributed by atoms with Crippen molar-refractivity contribution in [1.29, 1.82) is 0 Å². The van der Waals surface area contributed by atoms with Crippen molar-refractivity contribution in [2.24, 2.45) is 0 Å². The maximum absolute atomic E-state index is 13.2. The average molecular weight is 2960 g/mol. The van der Waals surface area contributed by atoms with Gasteiger partial charge in [0.2, 0.25) is 0 Å². The maximum Gasteiger partial charge on any atom is 0.399 e. The van der Waals surface area contributed by atoms with E-state index < -0.39 is 35.3 Å². The summed E-state index contributed by atoms with van der Waals surface area (Å²) in [6.07, 6.45) is 12.5. The first kappa shape index (κ1) is 126. The number of rotatable bonds is 13. The van der Waals surface area contributed by atoms with Crippen molar-refractivity contribution in [2.75, 3.05) is 0 Å². The number of aliphatic hydroxyl groups is 3. The summed E-state index contributed by atoms with van der Waals surface area (Å²) in [6.45, 7) is 12.2. The van der Waals surface area contributed by atoms with Gasteiger partial charge in [-0.1, -0.05) is 177 Å². The van der Waals surface area contributed by atoms with E-state index in [-0.39, 0.29) is 172 Å². The number of aliphatic hydroxyl groups excluding tert-OH is 3. The zero-order valence-electron chi connectivity index (χ0n) is 76.7. The zero-order chi connectivity index (χ0) is 97.7. The van der Waals surface area contributed by atoms with Gasteiger partial charge in [-0.3, -0.25) is 23.2 Å². The van der Waals surface area contributed by atoms with Gasteiger partial charge < -0.3 is 55.4 Å². The van der Waals surface area contributed by atoms with Gasteiger partial charge >= 0.3 is 18.1 Å². The predicted molar refractivity (Wildman–Crippen MR) is 517 cm³/mol. The number of fused-ring (bicyclic) bond motifs is 1. The number of pyridine rings is 8. The Hall–Kier alpha value is -13.4. The Balaban J connectivity index is 0.000000789. The quantitative estimate of drug-likeness (QED) is 0.0310. The van der Waals surface area contributed by atoms with Crippen LogP contribution in [0.25, 0.3) is 101 Å². The van der Waals surface area contributed by atoms with Gasteiger partial charge in [0, 0.05) is 200 Å². The fourth-order valence-corrected chi connectivity index (χ4v) is 11.5. The van der Waals surface area contributed by atoms with Gasteiger partial charge in [-0.2, -0.15) is 13.2 Å². The fourth-order valence-electron chi connectivity index (χ4n) is 11.5. The summed E-state index contributed by atoms with van der Waals surface area (Å²) in [6, 6.07) is 117. The maximum atomic E-state index is 13.2. The topological polar surface area (TPSA) is 290 Å². The molecule has 736 valence electrons. The molecule has 0 fully saturated rings. The molecule has 29 heteroatoms. The number of aromatic carboxylic acids is 2. The van der Waals surface area contributed by atoms with Crippen molar-refractivity contribution in [3.8, 4) is 89.8 Å². The normalized spacial score (nSPS) is 9.95. The third kappa shape index (κ3) is 48.3. The number of aromatic nitrogens is 8. The van der Waals surface area contributed by atoms with Crippen molar-refractivity contribution in [3.63, 3.8) is 0 Å². The molecule has 0 aliphatic heterocycles. The number of hydrogen-bond donors (Lipinski definition) is 5. The van der Waals surface area contributed by atoms with Gasteiger partial charge in [0.05, 0.1) is 17.3 Å². The molecule has 0 saturated heterocycles. The van der Waals surface area contributed by atoms with Gasteiger partial charge in [0.15, 0.2) is 17.3 Å². The Morgan fingerprint density at radius 2 is 0.723 bits per heavy atom. The number of halogens is 5. The number of ketones is 3. The first-order valence-electron chi connectivity index (χ1n) is 41.3. The Kier molecular flexibility index (Phi) is 61.8. The SMILES string of the molecule is CC(=O)C=C(C)O.CC(=O)C=C(C)O.CC(=O)C=C(C)O.Cc1c[c-]c(-c2ccccn2)cc1.Cc1cc(-c2ccccn2)[c-]c(C(F)(F)F)c1.Fc1c[c-]c(-c2ccccn2)c(F)c1.O=C(O)c1ccccn1.O=C(O)c1ccccn1.[Ir].[Ir].[Ir].[Ir].[Ir].[Ir].[c-]1ccccc1-c1ccccn1.[c-]1ccccc1-c1ncc(-c2ccccc2)cc1-c1ccccc1.[c-]1ccccc1-c1nccc2ccccc12. The molecule has 0 unspecified atom stereocenters. The van der Waals surface area contributed by atoms with Crippen LogP contribution in [0.4, 0.5) is 22.0 Å². The second kappa shape index (κ2) is 69.4. The summed E-state index contributed by atoms with van der Waals surface area (Å²) in [5, 5.41) is 44.1. The molecular weight excluding hydrogens is 2870 g/mol. The van der Waals surface area contributed by atoms with E-state index in [1.165, 1.54) is 106 Å². The van der Waals surface area contributed by atoms with E-state index in [0.717, 1.165) is 79.9 Å². The molecule has 0 aliphatic rings. The molecule has 17 aromatic rings. The number of hydrogen-bond acceptors (Lipinski definition) is 16. The Morgan fingerprint density at radius 1 is 0.326 bits per heavy atom. The fraction of sp³-hybridized carbons (Fsp3) is 0.0804. The average Bonchev–Trinajstić information content (AvgIpc) is 0.800. The molecule has 0 aliphatic carbocycles. The number of carboxylic acids is 2. The van der Waals surface area contributed by atoms with Crippen molar-refractivity contribution in [3.05, 3.63) is 483 Å². The molecule has 8 aromatic heterocycles. The molecule has 0 spiro atoms. The molecule has 8 heterocycles. The van der Waals surface area contributed by atoms with Gasteiger partial charge in [-0.05, 0) is 169 Å². The van der Waals surface area contributed by atoms with Crippen molar-refractivity contribution >= 4 is 40.1 Å². The Morgan fingerprint density at radius 3 is 1.10 bits per heavy atom. The monoisotopic (exact) mass is 2960 g/mol. The van der Waals surface area contributed by atoms with E-state index >= 15 is 0 Å². The molecule has 18 nitrogen and oxygen atoms in total. The largest absolute Gasteiger partial charge is 0.512 e. The summed E-state index contributed by atoms with van der Waals surface area (Å²) in [5.41, 5.74) is 15.3. The smallest absolute Gasteiger partial charge is 0.399 e. The first-order valence-corrected chi connectivity index (χ1v) is 41.3. The number of allylic oxidation sites excluding steroid dienone is 6. The second-order valence-electron chi connectivity index (χ2n) is 28.5. The standard InChI is InChI=1S/C23H16N.C15H10N.C13H9F3N.C12H10N.C11H6F2N.C11H8N.2C6H5NO2.3C5H8O2.6Ir/c1-4-10-18(11-5-1)21-16-22(19-12-6-2-7-13-19)23(24-17-21)20-14-8-3-9-15-20;1-2-7-13(8-3-1)15-14-9-5-4-6-12(14)10-11-16-15;1-9-6-10(12-4-2-3-5-17-12)8-11(7-9)13(14,15)16;1-10-5-7-11(8-6-10)12-4-2-3-9-13-12;12-8-4-5-9(10(13)7-8)11-3-1-2-6-14-11;1-2-6-10(7-3-1)11-8-4-5-9-12-11;2*8-6(9)5-3-1-2-4-7-5;3*1-4(6)3-5(2)7;;;;;;/h1-14,16-17H;1-7,9-11H;2-7H,1H3;2-7,9H,1H3;1-4,6-7H;1-6,8-9H;2*1-4H,(H,8,9);3*3,6H,1-2H3;;;;;;/q6*-1;;;;;;;;;;;. The Labute approximate surface area is 897 Å². The molecule has 0 atom stereocenters. The molecule has 0 amide bonds. The second-order valence-corrected chi connectivity index (χ2v) is 28.5. The van der Waals surface area contributed by atoms with E-state index in [9.17, 15) is 45.9 Å². The number of benzene rings is 9. The van der Waals surface area contributed by atoms with Gasteiger partial charge in [0.25, 0.3) is 0 Å². The van der Waals surface area contributed by atoms with E-state index in [0.29, 0.717) is 22.5 Å². The number of nitrogens with zero attached hydrogens (tertiary/aromatic N) is 8. The molecule has 141 heavy (non-hydrogen) atoms. The number of aryl methyl sites for hydroxylation is 2. The molecule has 6 radical (unpaired) electrons. The van der Waals surface area contributed by atoms with Crippen molar-refractivity contribution in [1.82, 2.24) is 39.9 Å². The molecule has 0 bridgehead atoms. The summed E-state index contributed by atoms with van der Waals surface area (Å²) >= 11 is 0. The number of carbonyl (C=O) groups excluding carboxylic acids is 3. The number of carboxylic acid groups (broad SMARTS) is 2. The van der Waals surface area contributed by atoms with Crippen LogP contribution < -0.4 is 0 Å². The third-order valence-corrected chi connectivity index (χ3v) is 17.3. The van der Waals surface area contributed by atoms with E-state index in [1.54, 1.807) is 98.4 Å². The van der Waals surface area contributed by atoms with Gasteiger partial charge in [0.1, 0.15) is 11.4 Å². The minimum atomic E-state index is -4.38. The van der Waals surface area contributed by atoms with Crippen LogP contribution in [0.2, 0.25) is 0 Å². The van der Waals surface area contributed by atoms with Crippen LogP contribution in [0, 0.1) is 61.9 Å². The molecule has 9 aromatic carbocycles. The molecular formula is C112H93F5Ir6N8O10-6. The minimum absolute atomic E-state index is 0. The minimum Gasteiger partial charge on any atom is -0.512 e. The summed E-state index contributed by atoms with van der Waals surface area (Å²) < 4.78 is 63.6. The molecule has 0 saturated carbocycles. The Bertz CT molecular complexity index is 6440. The van der Waals surface area contributed by atoms with E-state index in [1.807, 2.05) is 158 Å². The van der Waals surface area contributed by atoms with Crippen LogP contribution in [0.1, 0.15) is 79.2 Å². The van der Waals surface area contributed by atoms with E-state index in [2.05, 4.69) is 157 Å². The third-order valence-electron chi connectivity index (χ3n) is 17.3. The molecule has 5 N–H and O–H groups in total. The summed E-state index contributed by atoms with van der Waals surface area (Å²) in [5.74, 6) is -3.45. The van der Waals surface area contributed by atoms with Gasteiger partial charge in [-0.15, -0.1) is 185 Å². The van der Waals surface area contributed by atoms with Crippen molar-refractivity contribution in [2.45, 2.75) is 61.6 Å². The first-order chi connectivity index (χ1) is 64.9. The van der Waals surface area contributed by atoms with Crippen LogP contribution >= 0.6 is 0 Å². The number of carbonyl (C=O) groups is 5. The van der Waals surface area contributed by atoms with Crippen LogP contribution in [0.3, 0.4) is 0 Å². The van der Waals surface area contributed by atoms with Crippen LogP contribution in [0.15, 0.2) is 407 Å². The van der Waals surface area contributed by atoms with Gasteiger partial charge in [-0.25, -0.2) is 19.6 Å². The van der Waals surface area contributed by atoms with Crippen molar-refractivity contribution < 1.29 is 192 Å². The summed E-state index contributed by atoms with van der Waals surface area (Å²) in [7, 11) is 0. The van der Waals surface area contributed by atoms with E-state index in [4.69, 9.17) is 30.5 Å². The molecule has 17 rings (SSSR count). The van der Waals surface area contributed by atoms with Crippen LogP contribution in [-0.2, 0) is 141 Å². The predicted octanol–water partition coefficient (Wildman–Crippen LogP) is 26.3. The zero-order valence-corrected chi connectivity index (χ0v) is 91.1. The van der Waals surface area contributed by atoms with Crippen LogP contribution in [0.5, 0.6) is 0 Å². The number of alkyl halides is 3. The summed E-state index contributed by atoms with van der Waals surface area (Å²) in [4.78, 5) is 83.1.